The Balaban J connectivity index is 2.11. The summed E-state index contributed by atoms with van der Waals surface area (Å²) in [5.74, 6) is 1.35. The van der Waals surface area contributed by atoms with Crippen LogP contribution in [-0.2, 0) is 20.0 Å². The smallest absolute Gasteiger partial charge is 0.226 e. The number of imidazole rings is 1. The first-order chi connectivity index (χ1) is 10.6. The Labute approximate surface area is 132 Å². The molecule has 3 aromatic rings. The highest BCUT2D eigenvalue weighted by Crippen LogP contribution is 2.31. The predicted octanol–water partition coefficient (Wildman–Crippen LogP) is 4.00. The third-order valence-electron chi connectivity index (χ3n) is 5.13. The highest BCUT2D eigenvalue weighted by molar-refractivity contribution is 5.81. The summed E-state index contributed by atoms with van der Waals surface area (Å²) in [6.07, 6.45) is 2.44. The van der Waals surface area contributed by atoms with E-state index in [1.165, 1.54) is 57.5 Å². The molecule has 1 aliphatic heterocycles. The molecule has 1 aromatic heterocycles. The average molecular weight is 291 g/mol. The monoisotopic (exact) mass is 291 g/mol. The molecule has 0 amide bonds. The van der Waals surface area contributed by atoms with Gasteiger partial charge in [0.1, 0.15) is 0 Å². The summed E-state index contributed by atoms with van der Waals surface area (Å²) >= 11 is 0. The van der Waals surface area contributed by atoms with Crippen molar-refractivity contribution in [3.8, 4) is 11.4 Å². The van der Waals surface area contributed by atoms with Crippen molar-refractivity contribution in [2.24, 2.45) is 7.05 Å². The van der Waals surface area contributed by atoms with Gasteiger partial charge < -0.3 is 0 Å². The van der Waals surface area contributed by atoms with Crippen LogP contribution in [0, 0.1) is 20.8 Å². The number of benzene rings is 2. The summed E-state index contributed by atoms with van der Waals surface area (Å²) in [6.45, 7) is 7.75. The average Bonchev–Trinajstić information content (AvgIpc) is 2.77. The van der Waals surface area contributed by atoms with Gasteiger partial charge >= 0.3 is 0 Å². The topological polar surface area (TPSA) is 8.81 Å². The molecular formula is C20H23N2+. The van der Waals surface area contributed by atoms with E-state index in [4.69, 9.17) is 0 Å². The zero-order chi connectivity index (χ0) is 15.4. The summed E-state index contributed by atoms with van der Waals surface area (Å²) < 4.78 is 4.92. The van der Waals surface area contributed by atoms with Crippen molar-refractivity contribution in [1.29, 1.82) is 0 Å². The van der Waals surface area contributed by atoms with E-state index in [0.29, 0.717) is 0 Å². The summed E-state index contributed by atoms with van der Waals surface area (Å²) in [5.41, 5.74) is 9.82. The molecule has 4 rings (SSSR count). The van der Waals surface area contributed by atoms with Gasteiger partial charge in [0.05, 0.1) is 19.2 Å². The van der Waals surface area contributed by atoms with Gasteiger partial charge in [0.15, 0.2) is 11.0 Å². The van der Waals surface area contributed by atoms with Crippen LogP contribution in [0.2, 0.25) is 0 Å². The molecule has 0 bridgehead atoms. The SMILES string of the molecule is Cc1ccc(-c2n(C)c3ccc(C)c4c3[n+]2CCC4)c(C)c1. The maximum absolute atomic E-state index is 2.54. The van der Waals surface area contributed by atoms with Gasteiger partial charge in [0.25, 0.3) is 5.82 Å². The van der Waals surface area contributed by atoms with Crippen molar-refractivity contribution in [1.82, 2.24) is 4.57 Å². The van der Waals surface area contributed by atoms with Crippen LogP contribution in [0.3, 0.4) is 0 Å². The zero-order valence-corrected chi connectivity index (χ0v) is 13.9. The van der Waals surface area contributed by atoms with Crippen molar-refractivity contribution in [2.45, 2.75) is 40.2 Å². The van der Waals surface area contributed by atoms with E-state index in [9.17, 15) is 0 Å². The summed E-state index contributed by atoms with van der Waals surface area (Å²) in [4.78, 5) is 0. The lowest BCUT2D eigenvalue weighted by atomic mass is 9.99. The van der Waals surface area contributed by atoms with E-state index in [1.807, 2.05) is 0 Å². The van der Waals surface area contributed by atoms with E-state index < -0.39 is 0 Å². The molecule has 0 fully saturated rings. The number of nitrogens with zero attached hydrogens (tertiary/aromatic N) is 2. The minimum Gasteiger partial charge on any atom is -0.226 e. The Morgan fingerprint density at radius 2 is 1.82 bits per heavy atom. The molecule has 0 saturated heterocycles. The summed E-state index contributed by atoms with van der Waals surface area (Å²) in [7, 11) is 2.21. The van der Waals surface area contributed by atoms with E-state index in [0.717, 1.165) is 6.54 Å². The summed E-state index contributed by atoms with van der Waals surface area (Å²) in [5, 5.41) is 0. The largest absolute Gasteiger partial charge is 0.289 e. The quantitative estimate of drug-likeness (QED) is 0.599. The molecule has 0 aliphatic carbocycles. The third-order valence-corrected chi connectivity index (χ3v) is 5.13. The standard InChI is InChI=1S/C20H23N2/c1-13-7-9-17(15(3)12-13)20-21(4)18-10-8-14(2)16-6-5-11-22(20)19(16)18/h7-10,12H,5-6,11H2,1-4H3/q+1. The first-order valence-electron chi connectivity index (χ1n) is 8.16. The maximum atomic E-state index is 2.54. The number of aromatic nitrogens is 2. The van der Waals surface area contributed by atoms with Gasteiger partial charge in [0, 0.05) is 5.56 Å². The van der Waals surface area contributed by atoms with Crippen LogP contribution in [0.5, 0.6) is 0 Å². The van der Waals surface area contributed by atoms with E-state index in [1.54, 1.807) is 0 Å². The second-order valence-corrected chi connectivity index (χ2v) is 6.68. The molecule has 2 aromatic carbocycles. The van der Waals surface area contributed by atoms with Gasteiger partial charge in [0.2, 0.25) is 0 Å². The number of rotatable bonds is 1. The van der Waals surface area contributed by atoms with Crippen molar-refractivity contribution in [2.75, 3.05) is 0 Å². The lowest BCUT2D eigenvalue weighted by molar-refractivity contribution is -0.664. The second-order valence-electron chi connectivity index (χ2n) is 6.68. The van der Waals surface area contributed by atoms with Gasteiger partial charge in [-0.3, -0.25) is 0 Å². The summed E-state index contributed by atoms with van der Waals surface area (Å²) in [6, 6.07) is 11.4. The normalized spacial score (nSPS) is 13.8. The Bertz CT molecular complexity index is 900. The minimum atomic E-state index is 1.12. The van der Waals surface area contributed by atoms with Gasteiger partial charge in [-0.1, -0.05) is 23.8 Å². The molecule has 0 unspecified atom stereocenters. The van der Waals surface area contributed by atoms with Crippen LogP contribution in [-0.4, -0.2) is 4.57 Å². The lowest BCUT2D eigenvalue weighted by Crippen LogP contribution is -2.39. The van der Waals surface area contributed by atoms with Gasteiger partial charge in [-0.25, -0.2) is 9.13 Å². The Hall–Kier alpha value is -2.09. The molecule has 0 atom stereocenters. The molecule has 112 valence electrons. The number of hydrogen-bond donors (Lipinski definition) is 0. The lowest BCUT2D eigenvalue weighted by Gasteiger charge is -2.13. The van der Waals surface area contributed by atoms with Crippen LogP contribution in [0.15, 0.2) is 30.3 Å². The minimum absolute atomic E-state index is 1.12. The molecule has 2 heterocycles. The Kier molecular flexibility index (Phi) is 2.90. The highest BCUT2D eigenvalue weighted by Gasteiger charge is 2.30. The van der Waals surface area contributed by atoms with Gasteiger partial charge in [-0.05, 0) is 56.9 Å². The van der Waals surface area contributed by atoms with Crippen molar-refractivity contribution in [3.05, 3.63) is 52.6 Å². The van der Waals surface area contributed by atoms with E-state index >= 15 is 0 Å². The Morgan fingerprint density at radius 3 is 2.59 bits per heavy atom. The predicted molar refractivity (Wildman–Crippen MR) is 91.1 cm³/mol. The van der Waals surface area contributed by atoms with Crippen LogP contribution in [0.1, 0.15) is 28.7 Å². The van der Waals surface area contributed by atoms with Crippen LogP contribution < -0.4 is 4.57 Å². The molecule has 2 heteroatoms. The van der Waals surface area contributed by atoms with Crippen molar-refractivity contribution >= 4 is 11.0 Å². The molecule has 0 spiro atoms. The molecule has 0 saturated carbocycles. The highest BCUT2D eigenvalue weighted by atomic mass is 15.2. The van der Waals surface area contributed by atoms with Crippen molar-refractivity contribution < 1.29 is 4.57 Å². The fourth-order valence-electron chi connectivity index (χ4n) is 4.04. The first-order valence-corrected chi connectivity index (χ1v) is 8.16. The molecule has 0 N–H and O–H groups in total. The first kappa shape index (κ1) is 13.6. The van der Waals surface area contributed by atoms with Crippen molar-refractivity contribution in [3.63, 3.8) is 0 Å². The zero-order valence-electron chi connectivity index (χ0n) is 13.9. The molecule has 2 nitrogen and oxygen atoms in total. The fraction of sp³-hybridized carbons (Fsp3) is 0.350. The van der Waals surface area contributed by atoms with Gasteiger partial charge in [-0.15, -0.1) is 0 Å². The van der Waals surface area contributed by atoms with E-state index in [2.05, 4.69) is 67.3 Å². The molecule has 22 heavy (non-hydrogen) atoms. The second kappa shape index (κ2) is 4.70. The van der Waals surface area contributed by atoms with Crippen LogP contribution >= 0.6 is 0 Å². The van der Waals surface area contributed by atoms with Crippen LogP contribution in [0.25, 0.3) is 22.4 Å². The third kappa shape index (κ3) is 1.76. The van der Waals surface area contributed by atoms with E-state index in [-0.39, 0.29) is 0 Å². The molecule has 0 radical (unpaired) electrons. The fourth-order valence-corrected chi connectivity index (χ4v) is 4.04. The Morgan fingerprint density at radius 1 is 1.00 bits per heavy atom. The van der Waals surface area contributed by atoms with Crippen LogP contribution in [0.4, 0.5) is 0 Å². The number of aryl methyl sites for hydroxylation is 6. The number of hydrogen-bond acceptors (Lipinski definition) is 0. The van der Waals surface area contributed by atoms with Gasteiger partial charge in [-0.2, -0.15) is 0 Å². The molecular weight excluding hydrogens is 268 g/mol. The molecule has 1 aliphatic rings. The maximum Gasteiger partial charge on any atom is 0.289 e.